The van der Waals surface area contributed by atoms with Gasteiger partial charge in [0, 0.05) is 88.6 Å². The lowest BCUT2D eigenvalue weighted by atomic mass is 9.89. The van der Waals surface area contributed by atoms with Crippen LogP contribution in [0.25, 0.3) is 61.0 Å². The molecule has 3 aliphatic carbocycles. The van der Waals surface area contributed by atoms with E-state index >= 15 is 0 Å². The second kappa shape index (κ2) is 23.7. The highest BCUT2D eigenvalue weighted by atomic mass is 79.9. The largest absolute Gasteiger partial charge is 0.494 e. The Morgan fingerprint density at radius 3 is 1.90 bits per heavy atom. The van der Waals surface area contributed by atoms with Crippen molar-refractivity contribution in [2.24, 2.45) is 0 Å². The van der Waals surface area contributed by atoms with Gasteiger partial charge < -0.3 is 39.8 Å². The first-order valence-electron chi connectivity index (χ1n) is 30.0. The summed E-state index contributed by atoms with van der Waals surface area (Å²) in [5.41, 5.74) is 6.87. The van der Waals surface area contributed by atoms with Crippen LogP contribution in [-0.4, -0.2) is 97.6 Å². The van der Waals surface area contributed by atoms with Crippen LogP contribution in [0.1, 0.15) is 159 Å². The van der Waals surface area contributed by atoms with Crippen molar-refractivity contribution in [3.8, 4) is 5.75 Å². The number of morpholine rings is 1. The van der Waals surface area contributed by atoms with Crippen molar-refractivity contribution < 1.29 is 18.9 Å². The molecular formula is C63H76BrN11O4S3. The fourth-order valence-electron chi connectivity index (χ4n) is 13.5. The fourth-order valence-corrected chi connectivity index (χ4v) is 17.7. The summed E-state index contributed by atoms with van der Waals surface area (Å²) in [4.78, 5) is 38.8. The molecule has 11 heterocycles. The Morgan fingerprint density at radius 1 is 0.634 bits per heavy atom. The molecule has 432 valence electrons. The molecule has 9 aromatic rings. The second-order valence-corrected chi connectivity index (χ2v) is 28.4. The van der Waals surface area contributed by atoms with Crippen molar-refractivity contribution in [3.05, 3.63) is 70.1 Å². The maximum Gasteiger partial charge on any atom is 0.150 e. The summed E-state index contributed by atoms with van der Waals surface area (Å²) in [5.74, 6) is 3.85. The van der Waals surface area contributed by atoms with E-state index in [-0.39, 0.29) is 17.3 Å². The highest BCUT2D eigenvalue weighted by Crippen LogP contribution is 2.49. The number of hydrogen-bond donors (Lipinski definition) is 3. The summed E-state index contributed by atoms with van der Waals surface area (Å²) in [7, 11) is 1.72. The Balaban J connectivity index is 0.000000117. The van der Waals surface area contributed by atoms with Gasteiger partial charge in [-0.1, -0.05) is 63.9 Å². The maximum atomic E-state index is 6.17. The van der Waals surface area contributed by atoms with Crippen LogP contribution in [0.3, 0.4) is 0 Å². The third kappa shape index (κ3) is 11.3. The van der Waals surface area contributed by atoms with Gasteiger partial charge in [0.2, 0.25) is 0 Å². The number of aromatic nitrogens is 7. The number of rotatable bonds is 8. The smallest absolute Gasteiger partial charge is 0.150 e. The topological polar surface area (TPSA) is 166 Å². The summed E-state index contributed by atoms with van der Waals surface area (Å²) in [6.45, 7) is 14.5. The molecule has 3 aliphatic heterocycles. The number of thiophene rings is 3. The van der Waals surface area contributed by atoms with Gasteiger partial charge in [0.05, 0.1) is 80.1 Å². The van der Waals surface area contributed by atoms with Gasteiger partial charge in [-0.2, -0.15) is 0 Å². The molecule has 82 heavy (non-hydrogen) atoms. The van der Waals surface area contributed by atoms with Crippen LogP contribution in [0.15, 0.2) is 47.7 Å². The van der Waals surface area contributed by atoms with Crippen LogP contribution in [0.4, 0.5) is 23.1 Å². The predicted molar refractivity (Wildman–Crippen MR) is 341 cm³/mol. The van der Waals surface area contributed by atoms with E-state index in [1.807, 2.05) is 12.4 Å². The van der Waals surface area contributed by atoms with E-state index in [1.54, 1.807) is 53.8 Å². The van der Waals surface area contributed by atoms with Crippen LogP contribution >= 0.6 is 49.9 Å². The number of pyridine rings is 3. The number of anilines is 4. The first-order chi connectivity index (χ1) is 39.9. The van der Waals surface area contributed by atoms with E-state index in [9.17, 15) is 0 Å². The SMILES string of the molecule is CC1(C)Cc2c(nc(N3CCOCC3)c3c2sc2ncnc(NC4CCCCC4)c23)CO1.CC1OC(C)(C)Cc2c1cnc1c2sc2ncnc(NC3CCCCC3)c21.COc1c(Br)ccc2c1sc1nccc(NC3CCCCC3)c12. The minimum atomic E-state index is -0.187. The van der Waals surface area contributed by atoms with Gasteiger partial charge in [-0.15, -0.1) is 34.0 Å². The highest BCUT2D eigenvalue weighted by Gasteiger charge is 2.35. The maximum absolute atomic E-state index is 6.17. The molecule has 8 aromatic heterocycles. The Kier molecular flexibility index (Phi) is 16.2. The molecule has 1 saturated heterocycles. The second-order valence-electron chi connectivity index (χ2n) is 24.5. The van der Waals surface area contributed by atoms with E-state index in [1.165, 1.54) is 144 Å². The van der Waals surface area contributed by atoms with Crippen molar-refractivity contribution >= 4 is 134 Å². The lowest BCUT2D eigenvalue weighted by Crippen LogP contribution is -2.38. The molecule has 15 rings (SSSR count). The van der Waals surface area contributed by atoms with Gasteiger partial charge in [-0.05, 0) is 112 Å². The minimum Gasteiger partial charge on any atom is -0.494 e. The molecule has 6 aliphatic rings. The Hall–Kier alpha value is -5.15. The number of nitrogens with zero attached hydrogens (tertiary/aromatic N) is 8. The lowest BCUT2D eigenvalue weighted by Gasteiger charge is -2.36. The number of fused-ring (bicyclic) bond motifs is 13. The average molecular weight is 1230 g/mol. The number of halogens is 1. The Labute approximate surface area is 500 Å². The van der Waals surface area contributed by atoms with E-state index in [4.69, 9.17) is 38.9 Å². The molecule has 1 aromatic carbocycles. The third-order valence-electron chi connectivity index (χ3n) is 17.6. The molecule has 19 heteroatoms. The summed E-state index contributed by atoms with van der Waals surface area (Å²) in [6, 6.07) is 7.91. The van der Waals surface area contributed by atoms with E-state index in [0.29, 0.717) is 24.7 Å². The van der Waals surface area contributed by atoms with Crippen molar-refractivity contribution in [1.29, 1.82) is 0 Å². The molecule has 3 saturated carbocycles. The van der Waals surface area contributed by atoms with Crippen LogP contribution in [0.5, 0.6) is 5.75 Å². The van der Waals surface area contributed by atoms with Gasteiger partial charge in [0.25, 0.3) is 0 Å². The number of ether oxygens (including phenoxy) is 4. The van der Waals surface area contributed by atoms with E-state index in [2.05, 4.69) is 105 Å². The summed E-state index contributed by atoms with van der Waals surface area (Å²) in [6.07, 6.45) is 28.4. The van der Waals surface area contributed by atoms with Crippen molar-refractivity contribution in [2.75, 3.05) is 54.3 Å². The normalized spacial score (nSPS) is 20.5. The molecular weight excluding hydrogens is 1150 g/mol. The van der Waals surface area contributed by atoms with Crippen LogP contribution in [0.2, 0.25) is 0 Å². The Bertz CT molecular complexity index is 3780. The summed E-state index contributed by atoms with van der Waals surface area (Å²) < 4.78 is 28.2. The molecule has 1 atom stereocenters. The van der Waals surface area contributed by atoms with Gasteiger partial charge in [0.15, 0.2) is 5.75 Å². The van der Waals surface area contributed by atoms with Crippen molar-refractivity contribution in [1.82, 2.24) is 34.9 Å². The minimum absolute atomic E-state index is 0.0665. The van der Waals surface area contributed by atoms with Gasteiger partial charge in [-0.25, -0.2) is 29.9 Å². The molecule has 3 N–H and O–H groups in total. The van der Waals surface area contributed by atoms with Gasteiger partial charge in [-0.3, -0.25) is 4.98 Å². The van der Waals surface area contributed by atoms with Crippen molar-refractivity contribution in [2.45, 2.75) is 186 Å². The first kappa shape index (κ1) is 56.0. The van der Waals surface area contributed by atoms with E-state index < -0.39 is 0 Å². The zero-order chi connectivity index (χ0) is 56.1. The fraction of sp³-hybridized carbons (Fsp3) is 0.540. The third-order valence-corrected chi connectivity index (χ3v) is 21.6. The van der Waals surface area contributed by atoms with Crippen LogP contribution < -0.4 is 25.6 Å². The van der Waals surface area contributed by atoms with Gasteiger partial charge >= 0.3 is 0 Å². The number of nitrogens with one attached hydrogen (secondary N) is 3. The molecule has 15 nitrogen and oxygen atoms in total. The zero-order valence-electron chi connectivity index (χ0n) is 48.2. The molecule has 1 unspecified atom stereocenters. The number of methoxy groups -OCH3 is 1. The Morgan fingerprint density at radius 2 is 1.23 bits per heavy atom. The van der Waals surface area contributed by atoms with Crippen LogP contribution in [0, 0.1) is 0 Å². The van der Waals surface area contributed by atoms with Crippen molar-refractivity contribution in [3.63, 3.8) is 0 Å². The highest BCUT2D eigenvalue weighted by molar-refractivity contribution is 9.10. The van der Waals surface area contributed by atoms with Crippen LogP contribution in [-0.2, 0) is 33.7 Å². The van der Waals surface area contributed by atoms with Gasteiger partial charge in [0.1, 0.15) is 44.6 Å². The average Bonchev–Trinajstić information content (AvgIpc) is 4.31. The number of benzene rings is 1. The quantitative estimate of drug-likeness (QED) is 0.131. The molecule has 0 spiro atoms. The molecule has 4 fully saturated rings. The summed E-state index contributed by atoms with van der Waals surface area (Å²) in [5, 5.41) is 17.1. The zero-order valence-corrected chi connectivity index (χ0v) is 52.3. The predicted octanol–water partition coefficient (Wildman–Crippen LogP) is 16.0. The molecule has 0 radical (unpaired) electrons. The molecule has 0 bridgehead atoms. The summed E-state index contributed by atoms with van der Waals surface area (Å²) >= 11 is 8.81. The molecule has 0 amide bonds. The monoisotopic (exact) mass is 1230 g/mol. The standard InChI is InChI=1S/C24H31N5O2S.C21H26N4OS.C18H19BrN2OS/c1-24(2)12-16-17(13-31-24)28-22(29-8-10-30-11-9-29)18-19-21(27-15-6-4-3-5-7-15)25-14-26-23(19)32-20(16)18;1-12-15-10-22-17-16-19(25-13-7-5-4-6-8-13)23-11-24-20(16)27-18(17)14(15)9-21(2,3)26-12;1-22-16-13(19)8-7-12-15-14(21-11-5-3-2-4-6-11)9-10-20-18(15)23-17(12)16/h14-15H,3-13H2,1-2H3,(H,25,26,27);10-13H,4-9H2,1-3H3,(H,23,24,25);7-11H,2-6H2,1H3,(H,20,21). The first-order valence-corrected chi connectivity index (χ1v) is 33.2. The lowest BCUT2D eigenvalue weighted by molar-refractivity contribution is -0.0761. The van der Waals surface area contributed by atoms with E-state index in [0.717, 1.165) is 108 Å². The number of hydrogen-bond acceptors (Lipinski definition) is 18.